The van der Waals surface area contributed by atoms with Crippen LogP contribution in [0.1, 0.15) is 16.4 Å². The summed E-state index contributed by atoms with van der Waals surface area (Å²) >= 11 is 0. The van der Waals surface area contributed by atoms with Crippen molar-refractivity contribution >= 4 is 5.97 Å². The van der Waals surface area contributed by atoms with E-state index in [0.717, 1.165) is 11.3 Å². The van der Waals surface area contributed by atoms with E-state index < -0.39 is 5.97 Å². The van der Waals surface area contributed by atoms with Gasteiger partial charge in [0.15, 0.2) is 17.3 Å². The third-order valence-electron chi connectivity index (χ3n) is 2.47. The number of aryl methyl sites for hydroxylation is 1. The maximum absolute atomic E-state index is 11.6. The third kappa shape index (κ3) is 2.20. The summed E-state index contributed by atoms with van der Waals surface area (Å²) in [5.41, 5.74) is 0.928. The van der Waals surface area contributed by atoms with E-state index in [9.17, 15) is 4.79 Å². The Bertz CT molecular complexity index is 557. The van der Waals surface area contributed by atoms with Crippen molar-refractivity contribution in [3.05, 3.63) is 35.9 Å². The van der Waals surface area contributed by atoms with Crippen molar-refractivity contribution in [2.24, 2.45) is 0 Å². The second kappa shape index (κ2) is 4.91. The van der Waals surface area contributed by atoms with Crippen LogP contribution >= 0.6 is 0 Å². The number of esters is 1. The van der Waals surface area contributed by atoms with Crippen LogP contribution in [0.4, 0.5) is 0 Å². The number of methoxy groups -OCH3 is 2. The van der Waals surface area contributed by atoms with Crippen molar-refractivity contribution in [1.29, 1.82) is 0 Å². The highest BCUT2D eigenvalue weighted by atomic mass is 16.5. The molecule has 0 aliphatic rings. The molecule has 94 valence electrons. The van der Waals surface area contributed by atoms with Crippen LogP contribution in [0.2, 0.25) is 0 Å². The van der Waals surface area contributed by atoms with Crippen LogP contribution in [-0.4, -0.2) is 25.2 Å². The third-order valence-corrected chi connectivity index (χ3v) is 2.47. The smallest absolute Gasteiger partial charge is 0.360 e. The Morgan fingerprint density at radius 1 is 1.22 bits per heavy atom. The minimum absolute atomic E-state index is 0.181. The first-order valence-corrected chi connectivity index (χ1v) is 5.36. The number of nitrogens with zero attached hydrogens (tertiary/aromatic N) is 1. The maximum atomic E-state index is 11.6. The monoisotopic (exact) mass is 247 g/mol. The molecule has 1 aromatic carbocycles. The van der Waals surface area contributed by atoms with E-state index in [2.05, 4.69) is 9.72 Å². The summed E-state index contributed by atoms with van der Waals surface area (Å²) in [7, 11) is 2.90. The molecular formula is C13H13NO4. The Morgan fingerprint density at radius 2 is 1.89 bits per heavy atom. The number of hydrogen-bond donors (Lipinski definition) is 0. The molecule has 2 aromatic rings. The van der Waals surface area contributed by atoms with Gasteiger partial charge in [-0.15, -0.1) is 0 Å². The number of ether oxygens (including phenoxy) is 2. The molecule has 0 radical (unpaired) electrons. The summed E-state index contributed by atoms with van der Waals surface area (Å²) < 4.78 is 15.2. The molecule has 0 atom stereocenters. The molecule has 18 heavy (non-hydrogen) atoms. The van der Waals surface area contributed by atoms with Gasteiger partial charge in [-0.2, -0.15) is 0 Å². The van der Waals surface area contributed by atoms with Crippen LogP contribution in [0.15, 0.2) is 28.7 Å². The first-order chi connectivity index (χ1) is 8.65. The fourth-order valence-electron chi connectivity index (χ4n) is 1.60. The van der Waals surface area contributed by atoms with Crippen molar-refractivity contribution in [2.75, 3.05) is 14.2 Å². The molecule has 0 aliphatic carbocycles. The Hall–Kier alpha value is -2.30. The molecule has 0 N–H and O–H groups in total. The van der Waals surface area contributed by atoms with E-state index in [1.165, 1.54) is 7.11 Å². The molecular weight excluding hydrogens is 234 g/mol. The van der Waals surface area contributed by atoms with Crippen LogP contribution < -0.4 is 4.74 Å². The minimum atomic E-state index is -0.516. The van der Waals surface area contributed by atoms with Gasteiger partial charge < -0.3 is 13.9 Å². The summed E-state index contributed by atoms with van der Waals surface area (Å²) in [6, 6.07) is 7.17. The summed E-state index contributed by atoms with van der Waals surface area (Å²) in [6.07, 6.45) is 0. The van der Waals surface area contributed by atoms with Gasteiger partial charge in [0.2, 0.25) is 0 Å². The second-order valence-electron chi connectivity index (χ2n) is 3.63. The zero-order valence-electron chi connectivity index (χ0n) is 10.4. The lowest BCUT2D eigenvalue weighted by Crippen LogP contribution is -2.03. The van der Waals surface area contributed by atoms with Gasteiger partial charge in [-0.25, -0.2) is 9.78 Å². The van der Waals surface area contributed by atoms with Gasteiger partial charge in [-0.3, -0.25) is 0 Å². The van der Waals surface area contributed by atoms with Crippen molar-refractivity contribution in [2.45, 2.75) is 6.92 Å². The van der Waals surface area contributed by atoms with Crippen molar-refractivity contribution in [3.63, 3.8) is 0 Å². The van der Waals surface area contributed by atoms with E-state index in [1.807, 2.05) is 0 Å². The largest absolute Gasteiger partial charge is 0.497 e. The average Bonchev–Trinajstić information content (AvgIpc) is 2.80. The Kier molecular flexibility index (Phi) is 3.32. The zero-order chi connectivity index (χ0) is 13.1. The van der Waals surface area contributed by atoms with E-state index >= 15 is 0 Å². The molecule has 0 fully saturated rings. The van der Waals surface area contributed by atoms with E-state index in [0.29, 0.717) is 11.7 Å². The number of aromatic nitrogens is 1. The number of oxazole rings is 1. The fraction of sp³-hybridized carbons (Fsp3) is 0.231. The van der Waals surface area contributed by atoms with E-state index in [-0.39, 0.29) is 5.69 Å². The molecule has 0 spiro atoms. The molecule has 0 unspecified atom stereocenters. The number of rotatable bonds is 3. The van der Waals surface area contributed by atoms with Gasteiger partial charge in [0.1, 0.15) is 5.75 Å². The van der Waals surface area contributed by atoms with Gasteiger partial charge in [0, 0.05) is 12.5 Å². The molecule has 0 saturated heterocycles. The normalized spacial score (nSPS) is 10.2. The molecule has 0 bridgehead atoms. The lowest BCUT2D eigenvalue weighted by molar-refractivity contribution is 0.0595. The van der Waals surface area contributed by atoms with Crippen LogP contribution in [0.3, 0.4) is 0 Å². The van der Waals surface area contributed by atoms with Gasteiger partial charge in [0.05, 0.1) is 14.2 Å². The SMILES string of the molecule is COC(=O)c1nc(C)oc1-c1ccc(OC)cc1. The number of hydrogen-bond acceptors (Lipinski definition) is 5. The quantitative estimate of drug-likeness (QED) is 0.779. The Labute approximate surface area is 104 Å². The number of benzene rings is 1. The predicted molar refractivity (Wildman–Crippen MR) is 64.6 cm³/mol. The maximum Gasteiger partial charge on any atom is 0.360 e. The molecule has 5 heteroatoms. The van der Waals surface area contributed by atoms with Crippen molar-refractivity contribution < 1.29 is 18.7 Å². The Morgan fingerprint density at radius 3 is 2.44 bits per heavy atom. The Balaban J connectivity index is 2.45. The molecule has 0 aliphatic heterocycles. The predicted octanol–water partition coefficient (Wildman–Crippen LogP) is 2.45. The average molecular weight is 247 g/mol. The number of carbonyl (C=O) groups is 1. The summed E-state index contributed by atoms with van der Waals surface area (Å²) in [5, 5.41) is 0. The standard InChI is InChI=1S/C13H13NO4/c1-8-14-11(13(15)17-3)12(18-8)9-4-6-10(16-2)7-5-9/h4-7H,1-3H3. The topological polar surface area (TPSA) is 61.6 Å². The number of carbonyl (C=O) groups excluding carboxylic acids is 1. The highest BCUT2D eigenvalue weighted by Crippen LogP contribution is 2.27. The van der Waals surface area contributed by atoms with Gasteiger partial charge in [-0.1, -0.05) is 0 Å². The van der Waals surface area contributed by atoms with Gasteiger partial charge >= 0.3 is 5.97 Å². The summed E-state index contributed by atoms with van der Waals surface area (Å²) in [4.78, 5) is 15.6. The van der Waals surface area contributed by atoms with E-state index in [4.69, 9.17) is 9.15 Å². The molecule has 1 heterocycles. The molecule has 0 saturated carbocycles. The zero-order valence-corrected chi connectivity index (χ0v) is 10.4. The van der Waals surface area contributed by atoms with Crippen LogP contribution in [0.25, 0.3) is 11.3 Å². The lowest BCUT2D eigenvalue weighted by atomic mass is 10.1. The summed E-state index contributed by atoms with van der Waals surface area (Å²) in [5.74, 6) is 1.04. The van der Waals surface area contributed by atoms with Crippen molar-refractivity contribution in [1.82, 2.24) is 4.98 Å². The molecule has 1 aromatic heterocycles. The van der Waals surface area contributed by atoms with Gasteiger partial charge in [-0.05, 0) is 24.3 Å². The minimum Gasteiger partial charge on any atom is -0.497 e. The second-order valence-corrected chi connectivity index (χ2v) is 3.63. The van der Waals surface area contributed by atoms with Crippen LogP contribution in [0.5, 0.6) is 5.75 Å². The molecule has 5 nitrogen and oxygen atoms in total. The first-order valence-electron chi connectivity index (χ1n) is 5.36. The summed E-state index contributed by atoms with van der Waals surface area (Å²) in [6.45, 7) is 1.68. The first kappa shape index (κ1) is 12.2. The lowest BCUT2D eigenvalue weighted by Gasteiger charge is -2.02. The van der Waals surface area contributed by atoms with E-state index in [1.54, 1.807) is 38.3 Å². The molecule has 0 amide bonds. The van der Waals surface area contributed by atoms with Crippen LogP contribution in [0, 0.1) is 6.92 Å². The van der Waals surface area contributed by atoms with Crippen LogP contribution in [-0.2, 0) is 4.74 Å². The molecule has 2 rings (SSSR count). The van der Waals surface area contributed by atoms with Crippen molar-refractivity contribution in [3.8, 4) is 17.1 Å². The van der Waals surface area contributed by atoms with Gasteiger partial charge in [0.25, 0.3) is 0 Å². The highest BCUT2D eigenvalue weighted by Gasteiger charge is 2.20. The highest BCUT2D eigenvalue weighted by molar-refractivity contribution is 5.93. The fourth-order valence-corrected chi connectivity index (χ4v) is 1.60.